The predicted molar refractivity (Wildman–Crippen MR) is 68.2 cm³/mol. The molecule has 0 aromatic heterocycles. The van der Waals surface area contributed by atoms with Crippen LogP contribution in [0, 0.1) is 5.92 Å². The SMILES string of the molecule is CN1CCOC(CN2CCNC(C3CC3)C2)C1. The molecule has 0 bridgehead atoms. The molecule has 3 aliphatic rings. The van der Waals surface area contributed by atoms with E-state index >= 15 is 0 Å². The number of ether oxygens (including phenoxy) is 1. The van der Waals surface area contributed by atoms with Gasteiger partial charge in [-0.2, -0.15) is 0 Å². The van der Waals surface area contributed by atoms with E-state index in [1.165, 1.54) is 25.9 Å². The van der Waals surface area contributed by atoms with Crippen molar-refractivity contribution in [1.82, 2.24) is 15.1 Å². The molecule has 4 nitrogen and oxygen atoms in total. The third-order valence-electron chi connectivity index (χ3n) is 4.28. The van der Waals surface area contributed by atoms with Crippen LogP contribution < -0.4 is 5.32 Å². The van der Waals surface area contributed by atoms with E-state index in [1.54, 1.807) is 0 Å². The number of morpholine rings is 1. The lowest BCUT2D eigenvalue weighted by atomic mass is 10.1. The summed E-state index contributed by atoms with van der Waals surface area (Å²) in [4.78, 5) is 4.98. The topological polar surface area (TPSA) is 27.7 Å². The van der Waals surface area contributed by atoms with Crippen molar-refractivity contribution in [3.05, 3.63) is 0 Å². The molecule has 0 aromatic carbocycles. The maximum atomic E-state index is 5.86. The van der Waals surface area contributed by atoms with Crippen LogP contribution in [0.1, 0.15) is 12.8 Å². The Labute approximate surface area is 104 Å². The number of nitrogens with zero attached hydrogens (tertiary/aromatic N) is 2. The molecule has 3 fully saturated rings. The Morgan fingerprint density at radius 3 is 2.88 bits per heavy atom. The maximum Gasteiger partial charge on any atom is 0.0829 e. The average molecular weight is 239 g/mol. The molecule has 2 aliphatic heterocycles. The number of hydrogen-bond acceptors (Lipinski definition) is 4. The molecule has 0 radical (unpaired) electrons. The zero-order valence-corrected chi connectivity index (χ0v) is 10.9. The zero-order valence-electron chi connectivity index (χ0n) is 10.9. The second-order valence-corrected chi connectivity index (χ2v) is 5.91. The van der Waals surface area contributed by atoms with Gasteiger partial charge in [0, 0.05) is 45.3 Å². The minimum atomic E-state index is 0.423. The molecule has 2 heterocycles. The first-order chi connectivity index (χ1) is 8.31. The number of nitrogens with one attached hydrogen (secondary N) is 1. The molecule has 17 heavy (non-hydrogen) atoms. The van der Waals surface area contributed by atoms with E-state index in [0.29, 0.717) is 6.10 Å². The normalized spacial score (nSPS) is 37.2. The van der Waals surface area contributed by atoms with E-state index in [0.717, 1.165) is 44.7 Å². The van der Waals surface area contributed by atoms with E-state index in [1.807, 2.05) is 0 Å². The molecule has 1 N–H and O–H groups in total. The highest BCUT2D eigenvalue weighted by atomic mass is 16.5. The second-order valence-electron chi connectivity index (χ2n) is 5.91. The quantitative estimate of drug-likeness (QED) is 0.750. The molecule has 0 amide bonds. The van der Waals surface area contributed by atoms with E-state index in [4.69, 9.17) is 4.74 Å². The van der Waals surface area contributed by atoms with Crippen LogP contribution in [-0.2, 0) is 4.74 Å². The highest BCUT2D eigenvalue weighted by Gasteiger charge is 2.34. The zero-order chi connectivity index (χ0) is 11.7. The van der Waals surface area contributed by atoms with Crippen LogP contribution in [0.3, 0.4) is 0 Å². The Morgan fingerprint density at radius 1 is 1.24 bits per heavy atom. The number of rotatable bonds is 3. The van der Waals surface area contributed by atoms with E-state index in [2.05, 4.69) is 22.2 Å². The summed E-state index contributed by atoms with van der Waals surface area (Å²) in [5.41, 5.74) is 0. The third kappa shape index (κ3) is 3.19. The Hall–Kier alpha value is -0.160. The van der Waals surface area contributed by atoms with Gasteiger partial charge < -0.3 is 15.0 Å². The molecule has 4 heteroatoms. The fraction of sp³-hybridized carbons (Fsp3) is 1.00. The van der Waals surface area contributed by atoms with Crippen LogP contribution in [0.4, 0.5) is 0 Å². The minimum absolute atomic E-state index is 0.423. The first-order valence-corrected chi connectivity index (χ1v) is 7.07. The Balaban J connectivity index is 1.46. The van der Waals surface area contributed by atoms with Crippen molar-refractivity contribution in [2.75, 3.05) is 52.9 Å². The summed E-state index contributed by atoms with van der Waals surface area (Å²) in [5.74, 6) is 0.966. The molecule has 2 atom stereocenters. The van der Waals surface area contributed by atoms with Gasteiger partial charge in [0.05, 0.1) is 12.7 Å². The van der Waals surface area contributed by atoms with Gasteiger partial charge >= 0.3 is 0 Å². The lowest BCUT2D eigenvalue weighted by Crippen LogP contribution is -2.55. The Morgan fingerprint density at radius 2 is 2.12 bits per heavy atom. The van der Waals surface area contributed by atoms with Gasteiger partial charge in [-0.3, -0.25) is 4.90 Å². The number of likely N-dealkylation sites (N-methyl/N-ethyl adjacent to an activating group) is 1. The molecule has 2 saturated heterocycles. The summed E-state index contributed by atoms with van der Waals surface area (Å²) >= 11 is 0. The predicted octanol–water partition coefficient (Wildman–Crippen LogP) is 0.000800. The van der Waals surface area contributed by atoms with Crippen molar-refractivity contribution < 1.29 is 4.74 Å². The van der Waals surface area contributed by atoms with Gasteiger partial charge in [-0.25, -0.2) is 0 Å². The van der Waals surface area contributed by atoms with Crippen molar-refractivity contribution in [2.24, 2.45) is 5.92 Å². The van der Waals surface area contributed by atoms with Crippen LogP contribution in [0.25, 0.3) is 0 Å². The third-order valence-corrected chi connectivity index (χ3v) is 4.28. The van der Waals surface area contributed by atoms with Crippen LogP contribution in [0.15, 0.2) is 0 Å². The van der Waals surface area contributed by atoms with Crippen molar-refractivity contribution in [3.63, 3.8) is 0 Å². The van der Waals surface area contributed by atoms with E-state index in [9.17, 15) is 0 Å². The van der Waals surface area contributed by atoms with Crippen LogP contribution in [0.2, 0.25) is 0 Å². The molecule has 1 saturated carbocycles. The van der Waals surface area contributed by atoms with Gasteiger partial charge in [0.2, 0.25) is 0 Å². The van der Waals surface area contributed by atoms with E-state index < -0.39 is 0 Å². The summed E-state index contributed by atoms with van der Waals surface area (Å²) < 4.78 is 5.86. The molecule has 0 spiro atoms. The van der Waals surface area contributed by atoms with Crippen LogP contribution >= 0.6 is 0 Å². The van der Waals surface area contributed by atoms with E-state index in [-0.39, 0.29) is 0 Å². The molecular weight excluding hydrogens is 214 g/mol. The maximum absolute atomic E-state index is 5.86. The Kier molecular flexibility index (Phi) is 3.66. The first-order valence-electron chi connectivity index (χ1n) is 7.07. The smallest absolute Gasteiger partial charge is 0.0829 e. The standard InChI is InChI=1S/C13H25N3O/c1-15-6-7-17-12(8-15)9-16-5-4-14-13(10-16)11-2-3-11/h11-14H,2-10H2,1H3. The summed E-state index contributed by atoms with van der Waals surface area (Å²) in [5, 5.41) is 3.66. The van der Waals surface area contributed by atoms with Crippen LogP contribution in [0.5, 0.6) is 0 Å². The lowest BCUT2D eigenvalue weighted by Gasteiger charge is -2.38. The summed E-state index contributed by atoms with van der Waals surface area (Å²) in [7, 11) is 2.19. The fourth-order valence-corrected chi connectivity index (χ4v) is 3.09. The fourth-order valence-electron chi connectivity index (χ4n) is 3.09. The summed E-state index contributed by atoms with van der Waals surface area (Å²) in [6.07, 6.45) is 3.30. The summed E-state index contributed by atoms with van der Waals surface area (Å²) in [6.45, 7) is 7.78. The molecule has 3 rings (SSSR count). The number of hydrogen-bond donors (Lipinski definition) is 1. The van der Waals surface area contributed by atoms with Gasteiger partial charge in [0.15, 0.2) is 0 Å². The molecule has 1 aliphatic carbocycles. The van der Waals surface area contributed by atoms with Gasteiger partial charge in [-0.15, -0.1) is 0 Å². The minimum Gasteiger partial charge on any atom is -0.374 e. The number of piperazine rings is 1. The molecule has 0 aromatic rings. The average Bonchev–Trinajstić information content (AvgIpc) is 3.13. The monoisotopic (exact) mass is 239 g/mol. The van der Waals surface area contributed by atoms with Gasteiger partial charge in [-0.1, -0.05) is 0 Å². The lowest BCUT2D eigenvalue weighted by molar-refractivity contribution is -0.0390. The largest absolute Gasteiger partial charge is 0.374 e. The van der Waals surface area contributed by atoms with Gasteiger partial charge in [-0.05, 0) is 25.8 Å². The highest BCUT2D eigenvalue weighted by Crippen LogP contribution is 2.33. The van der Waals surface area contributed by atoms with Crippen LogP contribution in [-0.4, -0.2) is 74.9 Å². The van der Waals surface area contributed by atoms with Crippen molar-refractivity contribution in [2.45, 2.75) is 25.0 Å². The summed E-state index contributed by atoms with van der Waals surface area (Å²) in [6, 6.07) is 0.755. The molecule has 98 valence electrons. The molecular formula is C13H25N3O. The van der Waals surface area contributed by atoms with Crippen molar-refractivity contribution >= 4 is 0 Å². The van der Waals surface area contributed by atoms with Crippen molar-refractivity contribution in [3.8, 4) is 0 Å². The second kappa shape index (κ2) is 5.22. The van der Waals surface area contributed by atoms with Crippen molar-refractivity contribution in [1.29, 1.82) is 0 Å². The Bertz CT molecular complexity index is 257. The van der Waals surface area contributed by atoms with Gasteiger partial charge in [0.25, 0.3) is 0 Å². The first kappa shape index (κ1) is 11.9. The van der Waals surface area contributed by atoms with Gasteiger partial charge in [0.1, 0.15) is 0 Å². The highest BCUT2D eigenvalue weighted by molar-refractivity contribution is 4.91. The molecule has 2 unspecified atom stereocenters.